The van der Waals surface area contributed by atoms with E-state index in [1.807, 2.05) is 6.92 Å². The predicted octanol–water partition coefficient (Wildman–Crippen LogP) is 1.54. The van der Waals surface area contributed by atoms with E-state index in [9.17, 15) is 9.59 Å². The number of carbonyl (C=O) groups is 2. The molecule has 2 rings (SSSR count). The maximum Gasteiger partial charge on any atom is 0.328 e. The van der Waals surface area contributed by atoms with Crippen molar-refractivity contribution in [1.82, 2.24) is 0 Å². The molecule has 0 aromatic heterocycles. The maximum atomic E-state index is 11.8. The lowest BCUT2D eigenvalue weighted by Gasteiger charge is -2.29. The van der Waals surface area contributed by atoms with Crippen LogP contribution in [-0.2, 0) is 9.59 Å². The molecule has 1 N–H and O–H groups in total. The van der Waals surface area contributed by atoms with Gasteiger partial charge in [0.2, 0.25) is 0 Å². The van der Waals surface area contributed by atoms with E-state index in [-0.39, 0.29) is 12.5 Å². The van der Waals surface area contributed by atoms with Gasteiger partial charge >= 0.3 is 5.97 Å². The third-order valence-corrected chi connectivity index (χ3v) is 2.94. The quantitative estimate of drug-likeness (QED) is 0.845. The number of carboxylic acid groups (broad SMARTS) is 1. The van der Waals surface area contributed by atoms with Crippen LogP contribution >= 0.6 is 0 Å². The predicted molar refractivity (Wildman–Crippen MR) is 73.2 cm³/mol. The lowest BCUT2D eigenvalue weighted by atomic mass is 10.1. The molecule has 0 radical (unpaired) electrons. The fraction of sp³-hybridized carbons (Fsp3) is 0.286. The molecule has 0 bridgehead atoms. The van der Waals surface area contributed by atoms with Crippen molar-refractivity contribution in [2.45, 2.75) is 6.92 Å². The van der Waals surface area contributed by atoms with Crippen molar-refractivity contribution < 1.29 is 24.2 Å². The van der Waals surface area contributed by atoms with Crippen LogP contribution in [0.3, 0.4) is 0 Å². The van der Waals surface area contributed by atoms with Gasteiger partial charge in [0.25, 0.3) is 5.91 Å². The van der Waals surface area contributed by atoms with Crippen molar-refractivity contribution in [1.29, 1.82) is 0 Å². The molecule has 1 amide bonds. The van der Waals surface area contributed by atoms with Crippen LogP contribution in [0.2, 0.25) is 0 Å². The molecule has 1 aliphatic rings. The van der Waals surface area contributed by atoms with Crippen molar-refractivity contribution in [3.8, 4) is 11.5 Å². The fourth-order valence-electron chi connectivity index (χ4n) is 2.06. The highest BCUT2D eigenvalue weighted by atomic mass is 16.5. The minimum Gasteiger partial charge on any atom is -0.493 e. The van der Waals surface area contributed by atoms with E-state index in [1.165, 1.54) is 13.2 Å². The molecule has 6 heteroatoms. The van der Waals surface area contributed by atoms with E-state index in [1.54, 1.807) is 17.0 Å². The molecule has 1 aliphatic heterocycles. The molecule has 106 valence electrons. The summed E-state index contributed by atoms with van der Waals surface area (Å²) in [6.07, 6.45) is 2.47. The van der Waals surface area contributed by atoms with E-state index < -0.39 is 5.97 Å². The number of likely N-dealkylation sites (N-methyl/N-ethyl adjacent to an activating group) is 1. The van der Waals surface area contributed by atoms with Crippen LogP contribution in [-0.4, -0.2) is 37.2 Å². The Bertz CT molecular complexity index is 579. The monoisotopic (exact) mass is 277 g/mol. The Labute approximate surface area is 116 Å². The highest BCUT2D eigenvalue weighted by Gasteiger charge is 2.27. The minimum absolute atomic E-state index is 0.0263. The summed E-state index contributed by atoms with van der Waals surface area (Å²) >= 11 is 0. The van der Waals surface area contributed by atoms with Gasteiger partial charge in [0.1, 0.15) is 0 Å². The molecule has 0 unspecified atom stereocenters. The van der Waals surface area contributed by atoms with Gasteiger partial charge in [0, 0.05) is 12.6 Å². The first-order valence-electron chi connectivity index (χ1n) is 6.13. The first-order valence-corrected chi connectivity index (χ1v) is 6.13. The van der Waals surface area contributed by atoms with Crippen molar-refractivity contribution in [3.63, 3.8) is 0 Å². The van der Waals surface area contributed by atoms with E-state index in [4.69, 9.17) is 14.6 Å². The van der Waals surface area contributed by atoms with Gasteiger partial charge in [-0.1, -0.05) is 0 Å². The third-order valence-electron chi connectivity index (χ3n) is 2.94. The van der Waals surface area contributed by atoms with Crippen LogP contribution in [0.5, 0.6) is 11.5 Å². The number of rotatable bonds is 4. The number of nitrogens with zero attached hydrogens (tertiary/aromatic N) is 1. The third kappa shape index (κ3) is 2.59. The number of carboxylic acids is 1. The molecule has 1 aromatic carbocycles. The van der Waals surface area contributed by atoms with Crippen molar-refractivity contribution >= 4 is 23.6 Å². The number of anilines is 1. The largest absolute Gasteiger partial charge is 0.493 e. The average Bonchev–Trinajstić information content (AvgIpc) is 2.43. The van der Waals surface area contributed by atoms with Crippen LogP contribution in [0, 0.1) is 0 Å². The molecule has 0 fully saturated rings. The second-order valence-corrected chi connectivity index (χ2v) is 4.17. The van der Waals surface area contributed by atoms with Crippen molar-refractivity contribution in [2.24, 2.45) is 0 Å². The van der Waals surface area contributed by atoms with Gasteiger partial charge < -0.3 is 19.5 Å². The standard InChI is InChI=1S/C14H15NO5/c1-3-15-10-6-9(4-5-13(17)18)7-11(19-2)14(10)20-8-12(15)16/h4-7H,3,8H2,1-2H3,(H,17,18)/b5-4+. The minimum atomic E-state index is -1.04. The highest BCUT2D eigenvalue weighted by molar-refractivity contribution is 5.99. The number of ether oxygens (including phenoxy) is 2. The fourth-order valence-corrected chi connectivity index (χ4v) is 2.06. The molecular weight excluding hydrogens is 262 g/mol. The number of amides is 1. The topological polar surface area (TPSA) is 76.1 Å². The summed E-state index contributed by atoms with van der Waals surface area (Å²) in [4.78, 5) is 24.0. The molecular formula is C14H15NO5. The van der Waals surface area contributed by atoms with Gasteiger partial charge in [-0.3, -0.25) is 4.79 Å². The number of methoxy groups -OCH3 is 1. The maximum absolute atomic E-state index is 11.8. The lowest BCUT2D eigenvalue weighted by Crippen LogP contribution is -2.38. The van der Waals surface area contributed by atoms with Gasteiger partial charge in [0.05, 0.1) is 12.8 Å². The Kier molecular flexibility index (Phi) is 3.93. The Balaban J connectivity index is 2.52. The Hall–Kier alpha value is -2.50. The van der Waals surface area contributed by atoms with E-state index >= 15 is 0 Å². The number of aliphatic carboxylic acids is 1. The number of hydrogen-bond acceptors (Lipinski definition) is 4. The summed E-state index contributed by atoms with van der Waals surface area (Å²) in [5.41, 5.74) is 1.22. The van der Waals surface area contributed by atoms with Crippen LogP contribution < -0.4 is 14.4 Å². The van der Waals surface area contributed by atoms with Crippen LogP contribution in [0.15, 0.2) is 18.2 Å². The number of hydrogen-bond donors (Lipinski definition) is 1. The summed E-state index contributed by atoms with van der Waals surface area (Å²) in [6, 6.07) is 3.37. The molecule has 1 heterocycles. The zero-order valence-corrected chi connectivity index (χ0v) is 11.3. The Morgan fingerprint density at radius 1 is 1.55 bits per heavy atom. The summed E-state index contributed by atoms with van der Waals surface area (Å²) < 4.78 is 10.7. The molecule has 0 saturated heterocycles. The average molecular weight is 277 g/mol. The summed E-state index contributed by atoms with van der Waals surface area (Å²) in [5.74, 6) is -0.206. The van der Waals surface area contributed by atoms with Crippen molar-refractivity contribution in [2.75, 3.05) is 25.2 Å². The molecule has 0 atom stereocenters. The van der Waals surface area contributed by atoms with Gasteiger partial charge in [0.15, 0.2) is 18.1 Å². The normalized spacial score (nSPS) is 14.1. The Morgan fingerprint density at radius 2 is 2.30 bits per heavy atom. The molecule has 6 nitrogen and oxygen atoms in total. The number of benzene rings is 1. The van der Waals surface area contributed by atoms with Gasteiger partial charge in [-0.25, -0.2) is 4.79 Å². The van der Waals surface area contributed by atoms with Crippen LogP contribution in [0.1, 0.15) is 12.5 Å². The molecule has 0 aliphatic carbocycles. The van der Waals surface area contributed by atoms with Gasteiger partial charge in [-0.05, 0) is 30.7 Å². The Morgan fingerprint density at radius 3 is 2.90 bits per heavy atom. The first-order chi connectivity index (χ1) is 9.56. The highest BCUT2D eigenvalue weighted by Crippen LogP contribution is 2.41. The number of fused-ring (bicyclic) bond motifs is 1. The zero-order chi connectivity index (χ0) is 14.7. The smallest absolute Gasteiger partial charge is 0.328 e. The van der Waals surface area contributed by atoms with Gasteiger partial charge in [-0.2, -0.15) is 0 Å². The molecule has 0 saturated carbocycles. The molecule has 0 spiro atoms. The second-order valence-electron chi connectivity index (χ2n) is 4.17. The van der Waals surface area contributed by atoms with E-state index in [0.29, 0.717) is 29.3 Å². The summed E-state index contributed by atoms with van der Waals surface area (Å²) in [7, 11) is 1.50. The SMILES string of the molecule is CCN1C(=O)COc2c(OC)cc(/C=C/C(=O)O)cc21. The number of carbonyl (C=O) groups excluding carboxylic acids is 1. The van der Waals surface area contributed by atoms with Gasteiger partial charge in [-0.15, -0.1) is 0 Å². The van der Waals surface area contributed by atoms with Crippen LogP contribution in [0.25, 0.3) is 6.08 Å². The first kappa shape index (κ1) is 13.9. The lowest BCUT2D eigenvalue weighted by molar-refractivity contribution is -0.131. The molecule has 20 heavy (non-hydrogen) atoms. The summed E-state index contributed by atoms with van der Waals surface area (Å²) in [5, 5.41) is 8.67. The van der Waals surface area contributed by atoms with Crippen molar-refractivity contribution in [3.05, 3.63) is 23.8 Å². The zero-order valence-electron chi connectivity index (χ0n) is 11.3. The molecule has 1 aromatic rings. The van der Waals surface area contributed by atoms with E-state index in [0.717, 1.165) is 6.08 Å². The van der Waals surface area contributed by atoms with E-state index in [2.05, 4.69) is 0 Å². The second kappa shape index (κ2) is 5.64. The summed E-state index contributed by atoms with van der Waals surface area (Å²) in [6.45, 7) is 2.34. The van der Waals surface area contributed by atoms with Crippen LogP contribution in [0.4, 0.5) is 5.69 Å².